The largest absolute Gasteiger partial charge is 0.511 e. The van der Waals surface area contributed by atoms with E-state index in [1.165, 1.54) is 38.5 Å². The van der Waals surface area contributed by atoms with E-state index in [4.69, 9.17) is 4.43 Å². The highest BCUT2D eigenvalue weighted by Gasteiger charge is 2.34. The van der Waals surface area contributed by atoms with Gasteiger partial charge in [0.15, 0.2) is 0 Å². The molecule has 0 amide bonds. The summed E-state index contributed by atoms with van der Waals surface area (Å²) in [6.07, 6.45) is 7.16. The van der Waals surface area contributed by atoms with Crippen molar-refractivity contribution in [2.45, 2.75) is 77.4 Å². The molecule has 0 unspecified atom stereocenters. The van der Waals surface area contributed by atoms with Gasteiger partial charge in [0.1, 0.15) is 0 Å². The molecule has 0 aliphatic heterocycles. The van der Waals surface area contributed by atoms with E-state index >= 15 is 0 Å². The standard InChI is InChI=1S/C13H27O2Si/c1-4-7-10-16(15-13-14,11-8-5-2)12-9-6-3/h4-12H2,1-3H3. The van der Waals surface area contributed by atoms with Gasteiger partial charge in [-0.2, -0.15) is 0 Å². The molecule has 0 bridgehead atoms. The third-order valence-electron chi connectivity index (χ3n) is 3.22. The molecule has 0 N–H and O–H groups in total. The molecule has 0 saturated heterocycles. The average Bonchev–Trinajstić information content (AvgIpc) is 2.31. The zero-order valence-electron chi connectivity index (χ0n) is 11.2. The van der Waals surface area contributed by atoms with Crippen LogP contribution in [-0.2, 0) is 9.22 Å². The van der Waals surface area contributed by atoms with Crippen molar-refractivity contribution < 1.29 is 9.22 Å². The molecule has 0 aliphatic rings. The molecule has 0 aromatic heterocycles. The summed E-state index contributed by atoms with van der Waals surface area (Å²) >= 11 is 0. The van der Waals surface area contributed by atoms with E-state index in [0.29, 0.717) is 0 Å². The molecule has 1 radical (unpaired) electrons. The molecule has 0 fully saturated rings. The molecule has 16 heavy (non-hydrogen) atoms. The second-order valence-corrected chi connectivity index (χ2v) is 8.75. The minimum atomic E-state index is -1.78. The van der Waals surface area contributed by atoms with E-state index in [1.807, 2.05) is 0 Å². The molecule has 0 aromatic carbocycles. The predicted molar refractivity (Wildman–Crippen MR) is 71.7 cm³/mol. The Hall–Kier alpha value is -0.313. The summed E-state index contributed by atoms with van der Waals surface area (Å²) in [4.78, 5) is 10.6. The first-order valence-corrected chi connectivity index (χ1v) is 9.32. The van der Waals surface area contributed by atoms with Crippen molar-refractivity contribution in [3.8, 4) is 0 Å². The van der Waals surface area contributed by atoms with Gasteiger partial charge < -0.3 is 4.43 Å². The summed E-state index contributed by atoms with van der Waals surface area (Å²) < 4.78 is 5.47. The number of unbranched alkanes of at least 4 members (excludes halogenated alkanes) is 3. The SMILES string of the molecule is CCCC[Si](CCCC)(CCCC)O[C]=O. The van der Waals surface area contributed by atoms with Crippen LogP contribution in [0.2, 0.25) is 18.1 Å². The van der Waals surface area contributed by atoms with Crippen LogP contribution in [0.1, 0.15) is 59.3 Å². The van der Waals surface area contributed by atoms with Crippen LogP contribution < -0.4 is 0 Å². The maximum atomic E-state index is 10.6. The van der Waals surface area contributed by atoms with Gasteiger partial charge in [0, 0.05) is 0 Å². The molecule has 95 valence electrons. The Morgan fingerprint density at radius 3 is 1.50 bits per heavy atom. The molecule has 2 nitrogen and oxygen atoms in total. The van der Waals surface area contributed by atoms with Gasteiger partial charge in [-0.3, -0.25) is 0 Å². The molecule has 0 saturated carbocycles. The average molecular weight is 243 g/mol. The van der Waals surface area contributed by atoms with Crippen molar-refractivity contribution in [3.05, 3.63) is 0 Å². The molecule has 0 heterocycles. The lowest BCUT2D eigenvalue weighted by molar-refractivity contribution is 0.424. The quantitative estimate of drug-likeness (QED) is 0.502. The lowest BCUT2D eigenvalue weighted by atomic mass is 10.4. The Balaban J connectivity index is 4.37. The number of rotatable bonds is 11. The second kappa shape index (κ2) is 9.88. The fourth-order valence-electron chi connectivity index (χ4n) is 2.11. The van der Waals surface area contributed by atoms with Crippen molar-refractivity contribution >= 4 is 14.8 Å². The van der Waals surface area contributed by atoms with Gasteiger partial charge in [-0.15, -0.1) is 0 Å². The third-order valence-corrected chi connectivity index (χ3v) is 7.53. The van der Waals surface area contributed by atoms with E-state index in [0.717, 1.165) is 18.1 Å². The van der Waals surface area contributed by atoms with Gasteiger partial charge >= 0.3 is 6.47 Å². The summed E-state index contributed by atoms with van der Waals surface area (Å²) in [5, 5.41) is 0. The summed E-state index contributed by atoms with van der Waals surface area (Å²) in [6.45, 7) is 8.34. The Morgan fingerprint density at radius 1 is 0.875 bits per heavy atom. The monoisotopic (exact) mass is 243 g/mol. The highest BCUT2D eigenvalue weighted by molar-refractivity contribution is 6.74. The number of hydrogen-bond donors (Lipinski definition) is 0. The van der Waals surface area contributed by atoms with Gasteiger partial charge in [-0.05, 0) is 18.1 Å². The summed E-state index contributed by atoms with van der Waals surface area (Å²) in [6, 6.07) is 3.41. The van der Waals surface area contributed by atoms with E-state index in [9.17, 15) is 4.79 Å². The minimum absolute atomic E-state index is 1.14. The van der Waals surface area contributed by atoms with Crippen molar-refractivity contribution in [1.29, 1.82) is 0 Å². The van der Waals surface area contributed by atoms with Crippen molar-refractivity contribution in [3.63, 3.8) is 0 Å². The van der Waals surface area contributed by atoms with Crippen LogP contribution in [0.15, 0.2) is 0 Å². The normalized spacial score (nSPS) is 11.4. The molecule has 0 aromatic rings. The topological polar surface area (TPSA) is 26.3 Å². The van der Waals surface area contributed by atoms with Crippen LogP contribution in [-0.4, -0.2) is 14.8 Å². The predicted octanol–water partition coefficient (Wildman–Crippen LogP) is 4.42. The minimum Gasteiger partial charge on any atom is -0.511 e. The highest BCUT2D eigenvalue weighted by atomic mass is 28.4. The summed E-state index contributed by atoms with van der Waals surface area (Å²) in [5.74, 6) is 0. The third kappa shape index (κ3) is 6.31. The first-order chi connectivity index (χ1) is 7.74. The van der Waals surface area contributed by atoms with Gasteiger partial charge in [0.2, 0.25) is 0 Å². The Labute approximate surface area is 102 Å². The lowest BCUT2D eigenvalue weighted by Gasteiger charge is -2.28. The van der Waals surface area contributed by atoms with Gasteiger partial charge in [-0.25, -0.2) is 4.79 Å². The van der Waals surface area contributed by atoms with Crippen LogP contribution in [0.3, 0.4) is 0 Å². The first kappa shape index (κ1) is 15.7. The van der Waals surface area contributed by atoms with Crippen molar-refractivity contribution in [2.75, 3.05) is 0 Å². The summed E-state index contributed by atoms with van der Waals surface area (Å²) in [5.41, 5.74) is 0. The molecular weight excluding hydrogens is 216 g/mol. The van der Waals surface area contributed by atoms with E-state index in [-0.39, 0.29) is 0 Å². The maximum absolute atomic E-state index is 10.6. The van der Waals surface area contributed by atoms with Crippen molar-refractivity contribution in [2.24, 2.45) is 0 Å². The Bertz CT molecular complexity index is 150. The zero-order chi connectivity index (χ0) is 12.3. The van der Waals surface area contributed by atoms with Crippen LogP contribution in [0.25, 0.3) is 0 Å². The molecule has 0 spiro atoms. The van der Waals surface area contributed by atoms with Crippen LogP contribution >= 0.6 is 0 Å². The smallest absolute Gasteiger partial charge is 0.402 e. The summed E-state index contributed by atoms with van der Waals surface area (Å²) in [7, 11) is -1.78. The van der Waals surface area contributed by atoms with E-state index in [2.05, 4.69) is 20.8 Å². The van der Waals surface area contributed by atoms with E-state index < -0.39 is 8.32 Å². The molecule has 3 heteroatoms. The Kier molecular flexibility index (Phi) is 9.69. The van der Waals surface area contributed by atoms with Crippen LogP contribution in [0.5, 0.6) is 0 Å². The van der Waals surface area contributed by atoms with Crippen LogP contribution in [0, 0.1) is 0 Å². The number of carbonyl (C=O) groups excluding carboxylic acids is 1. The fraction of sp³-hybridized carbons (Fsp3) is 0.923. The molecule has 0 atom stereocenters. The highest BCUT2D eigenvalue weighted by Crippen LogP contribution is 2.28. The van der Waals surface area contributed by atoms with E-state index in [1.54, 1.807) is 6.47 Å². The second-order valence-electron chi connectivity index (χ2n) is 4.68. The van der Waals surface area contributed by atoms with Crippen LogP contribution in [0.4, 0.5) is 0 Å². The molecular formula is C13H27O2Si. The van der Waals surface area contributed by atoms with Crippen molar-refractivity contribution in [1.82, 2.24) is 0 Å². The molecule has 0 rings (SSSR count). The zero-order valence-corrected chi connectivity index (χ0v) is 12.2. The fourth-order valence-corrected chi connectivity index (χ4v) is 6.34. The van der Waals surface area contributed by atoms with Gasteiger partial charge in [-0.1, -0.05) is 59.3 Å². The number of hydrogen-bond acceptors (Lipinski definition) is 2. The van der Waals surface area contributed by atoms with Gasteiger partial charge in [0.05, 0.1) is 0 Å². The molecule has 0 aliphatic carbocycles. The first-order valence-electron chi connectivity index (χ1n) is 6.79. The Morgan fingerprint density at radius 2 is 1.25 bits per heavy atom. The maximum Gasteiger partial charge on any atom is 0.402 e. The lowest BCUT2D eigenvalue weighted by Crippen LogP contribution is -2.37. The van der Waals surface area contributed by atoms with Gasteiger partial charge in [0.25, 0.3) is 8.32 Å².